The van der Waals surface area contributed by atoms with Gasteiger partial charge in [-0.15, -0.1) is 0 Å². The fourth-order valence-electron chi connectivity index (χ4n) is 1.47. The van der Waals surface area contributed by atoms with Gasteiger partial charge >= 0.3 is 5.97 Å². The summed E-state index contributed by atoms with van der Waals surface area (Å²) in [4.78, 5) is 10.3. The van der Waals surface area contributed by atoms with Crippen LogP contribution in [0.1, 0.15) is 19.3 Å². The minimum atomic E-state index is -0.742. The van der Waals surface area contributed by atoms with Crippen molar-refractivity contribution in [2.45, 2.75) is 25.3 Å². The fraction of sp³-hybridized carbons (Fsp3) is 0.875. The third-order valence-electron chi connectivity index (χ3n) is 2.28. The second-order valence-corrected chi connectivity index (χ2v) is 3.22. The van der Waals surface area contributed by atoms with Crippen LogP contribution in [0, 0.1) is 5.92 Å². The molecule has 4 nitrogen and oxygen atoms in total. The maximum atomic E-state index is 10.3. The molecule has 0 aromatic carbocycles. The first-order chi connectivity index (χ1) is 5.70. The molecule has 1 rings (SSSR count). The molecule has 2 atom stereocenters. The minimum absolute atomic E-state index is 0.0260. The minimum Gasteiger partial charge on any atom is -0.481 e. The molecule has 4 heteroatoms. The highest BCUT2D eigenvalue weighted by Gasteiger charge is 2.22. The molecule has 3 N–H and O–H groups in total. The number of carbonyl (C=O) groups is 1. The van der Waals surface area contributed by atoms with Crippen molar-refractivity contribution in [1.82, 2.24) is 0 Å². The van der Waals surface area contributed by atoms with Crippen LogP contribution in [-0.2, 0) is 9.53 Å². The van der Waals surface area contributed by atoms with Crippen LogP contribution in [0.4, 0.5) is 0 Å². The Hall–Kier alpha value is -0.610. The van der Waals surface area contributed by atoms with E-state index in [0.29, 0.717) is 18.9 Å². The summed E-state index contributed by atoms with van der Waals surface area (Å²) in [6.07, 6.45) is 1.80. The third-order valence-corrected chi connectivity index (χ3v) is 2.28. The fourth-order valence-corrected chi connectivity index (χ4v) is 1.47. The first kappa shape index (κ1) is 9.48. The number of carboxylic acids is 1. The average Bonchev–Trinajstić information content (AvgIpc) is 2.03. The van der Waals surface area contributed by atoms with E-state index in [1.165, 1.54) is 0 Å². The first-order valence-corrected chi connectivity index (χ1v) is 4.25. The van der Waals surface area contributed by atoms with Gasteiger partial charge in [0.25, 0.3) is 0 Å². The van der Waals surface area contributed by atoms with Gasteiger partial charge in [-0.2, -0.15) is 0 Å². The van der Waals surface area contributed by atoms with E-state index in [2.05, 4.69) is 0 Å². The van der Waals surface area contributed by atoms with Gasteiger partial charge < -0.3 is 15.6 Å². The van der Waals surface area contributed by atoms with E-state index in [1.54, 1.807) is 0 Å². The average molecular weight is 173 g/mol. The first-order valence-electron chi connectivity index (χ1n) is 4.25. The van der Waals surface area contributed by atoms with Gasteiger partial charge in [0.15, 0.2) is 0 Å². The Morgan fingerprint density at radius 2 is 2.42 bits per heavy atom. The Balaban J connectivity index is 2.24. The van der Waals surface area contributed by atoms with Crippen molar-refractivity contribution in [1.29, 1.82) is 0 Å². The van der Waals surface area contributed by atoms with E-state index in [-0.39, 0.29) is 12.5 Å². The quantitative estimate of drug-likeness (QED) is 0.640. The Kier molecular flexibility index (Phi) is 3.49. The largest absolute Gasteiger partial charge is 0.481 e. The predicted molar refractivity (Wildman–Crippen MR) is 43.8 cm³/mol. The molecule has 70 valence electrons. The number of hydrogen-bond acceptors (Lipinski definition) is 3. The van der Waals surface area contributed by atoms with Gasteiger partial charge in [-0.25, -0.2) is 0 Å². The van der Waals surface area contributed by atoms with Gasteiger partial charge in [0.2, 0.25) is 0 Å². The van der Waals surface area contributed by atoms with E-state index in [0.717, 1.165) is 13.0 Å². The van der Waals surface area contributed by atoms with Crippen LogP contribution in [0.5, 0.6) is 0 Å². The maximum absolute atomic E-state index is 10.3. The summed E-state index contributed by atoms with van der Waals surface area (Å²) in [5.74, 6) is -0.413. The Morgan fingerprint density at radius 3 is 3.00 bits per heavy atom. The highest BCUT2D eigenvalue weighted by molar-refractivity contribution is 5.66. The van der Waals surface area contributed by atoms with Crippen molar-refractivity contribution in [3.05, 3.63) is 0 Å². The number of carboxylic acid groups (broad SMARTS) is 1. The van der Waals surface area contributed by atoms with Crippen LogP contribution in [-0.4, -0.2) is 30.3 Å². The molecule has 0 spiro atoms. The van der Waals surface area contributed by atoms with Gasteiger partial charge in [-0.3, -0.25) is 4.79 Å². The van der Waals surface area contributed by atoms with Crippen LogP contribution >= 0.6 is 0 Å². The smallest absolute Gasteiger partial charge is 0.303 e. The number of ether oxygens (including phenoxy) is 1. The molecule has 1 aliphatic heterocycles. The molecule has 0 radical (unpaired) electrons. The maximum Gasteiger partial charge on any atom is 0.303 e. The lowest BCUT2D eigenvalue weighted by Gasteiger charge is -2.28. The van der Waals surface area contributed by atoms with Crippen LogP contribution in [0.25, 0.3) is 0 Å². The zero-order valence-corrected chi connectivity index (χ0v) is 7.03. The SMILES string of the molecule is NC1COCCC1CCC(=O)O. The molecule has 12 heavy (non-hydrogen) atoms. The number of rotatable bonds is 3. The zero-order valence-electron chi connectivity index (χ0n) is 7.03. The molecule has 1 saturated heterocycles. The molecule has 1 fully saturated rings. The topological polar surface area (TPSA) is 72.5 Å². The van der Waals surface area contributed by atoms with Crippen molar-refractivity contribution in [3.63, 3.8) is 0 Å². The summed E-state index contributed by atoms with van der Waals surface area (Å²) >= 11 is 0. The summed E-state index contributed by atoms with van der Waals surface area (Å²) in [6.45, 7) is 1.29. The number of nitrogens with two attached hydrogens (primary N) is 1. The van der Waals surface area contributed by atoms with Crippen molar-refractivity contribution in [2.24, 2.45) is 11.7 Å². The lowest BCUT2D eigenvalue weighted by atomic mass is 9.91. The zero-order chi connectivity index (χ0) is 8.97. The standard InChI is InChI=1S/C8H15NO3/c9-7-5-12-4-3-6(7)1-2-8(10)11/h6-7H,1-5,9H2,(H,10,11). The number of aliphatic carboxylic acids is 1. The molecule has 0 saturated carbocycles. The summed E-state index contributed by atoms with van der Waals surface area (Å²) in [6, 6.07) is 0.0260. The summed E-state index contributed by atoms with van der Waals surface area (Å²) in [5, 5.41) is 8.46. The van der Waals surface area contributed by atoms with E-state index < -0.39 is 5.97 Å². The molecule has 2 unspecified atom stereocenters. The molecule has 0 aliphatic carbocycles. The van der Waals surface area contributed by atoms with Gasteiger partial charge in [-0.1, -0.05) is 0 Å². The van der Waals surface area contributed by atoms with Crippen LogP contribution in [0.15, 0.2) is 0 Å². The van der Waals surface area contributed by atoms with E-state index >= 15 is 0 Å². The monoisotopic (exact) mass is 173 g/mol. The number of hydrogen-bond donors (Lipinski definition) is 2. The van der Waals surface area contributed by atoms with E-state index in [4.69, 9.17) is 15.6 Å². The molecular formula is C8H15NO3. The van der Waals surface area contributed by atoms with Crippen LogP contribution < -0.4 is 5.73 Å². The second kappa shape index (κ2) is 4.42. The van der Waals surface area contributed by atoms with Crippen molar-refractivity contribution >= 4 is 5.97 Å². The highest BCUT2D eigenvalue weighted by atomic mass is 16.5. The predicted octanol–water partition coefficient (Wildman–Crippen LogP) is 0.215. The molecule has 0 amide bonds. The van der Waals surface area contributed by atoms with Gasteiger partial charge in [0.1, 0.15) is 0 Å². The van der Waals surface area contributed by atoms with Crippen molar-refractivity contribution in [2.75, 3.05) is 13.2 Å². The highest BCUT2D eigenvalue weighted by Crippen LogP contribution is 2.19. The lowest BCUT2D eigenvalue weighted by Crippen LogP contribution is -2.39. The summed E-state index contributed by atoms with van der Waals surface area (Å²) in [7, 11) is 0. The summed E-state index contributed by atoms with van der Waals surface area (Å²) < 4.78 is 5.15. The van der Waals surface area contributed by atoms with Gasteiger partial charge in [-0.05, 0) is 18.8 Å². The normalized spacial score (nSPS) is 30.1. The third kappa shape index (κ3) is 2.79. The lowest BCUT2D eigenvalue weighted by molar-refractivity contribution is -0.137. The molecule has 0 bridgehead atoms. The van der Waals surface area contributed by atoms with Crippen molar-refractivity contribution < 1.29 is 14.6 Å². The van der Waals surface area contributed by atoms with Crippen LogP contribution in [0.3, 0.4) is 0 Å². The molecule has 1 heterocycles. The molecule has 0 aromatic rings. The van der Waals surface area contributed by atoms with E-state index in [1.807, 2.05) is 0 Å². The van der Waals surface area contributed by atoms with Gasteiger partial charge in [0, 0.05) is 19.1 Å². The molecule has 0 aromatic heterocycles. The summed E-state index contributed by atoms with van der Waals surface area (Å²) in [5.41, 5.74) is 5.75. The van der Waals surface area contributed by atoms with Crippen molar-refractivity contribution in [3.8, 4) is 0 Å². The van der Waals surface area contributed by atoms with Gasteiger partial charge in [0.05, 0.1) is 6.61 Å². The Bertz CT molecular complexity index is 160. The van der Waals surface area contributed by atoms with E-state index in [9.17, 15) is 4.79 Å². The Morgan fingerprint density at radius 1 is 1.67 bits per heavy atom. The molecule has 1 aliphatic rings. The second-order valence-electron chi connectivity index (χ2n) is 3.22. The Labute approximate surface area is 71.7 Å². The molecular weight excluding hydrogens is 158 g/mol. The van der Waals surface area contributed by atoms with Crippen LogP contribution in [0.2, 0.25) is 0 Å².